The summed E-state index contributed by atoms with van der Waals surface area (Å²) < 4.78 is 16.4. The predicted octanol–water partition coefficient (Wildman–Crippen LogP) is 5.08. The lowest BCUT2D eigenvalue weighted by atomic mass is 10.0. The summed E-state index contributed by atoms with van der Waals surface area (Å²) in [6, 6.07) is 10.4. The molecule has 0 radical (unpaired) electrons. The number of benzene rings is 2. The van der Waals surface area contributed by atoms with Gasteiger partial charge in [0, 0.05) is 62.3 Å². The zero-order valence-electron chi connectivity index (χ0n) is 22.3. The first-order chi connectivity index (χ1) is 18.9. The fraction of sp³-hybridized carbons (Fsp3) is 0.400. The van der Waals surface area contributed by atoms with Crippen molar-refractivity contribution in [1.29, 1.82) is 0 Å². The van der Waals surface area contributed by atoms with E-state index in [1.54, 1.807) is 25.1 Å². The molecule has 3 N–H and O–H groups in total. The van der Waals surface area contributed by atoms with Crippen molar-refractivity contribution in [3.8, 4) is 0 Å². The van der Waals surface area contributed by atoms with Crippen LogP contribution in [0.5, 0.6) is 0 Å². The van der Waals surface area contributed by atoms with Crippen molar-refractivity contribution < 1.29 is 9.50 Å². The second kappa shape index (κ2) is 10.8. The maximum atomic E-state index is 16.4. The van der Waals surface area contributed by atoms with Crippen LogP contribution >= 0.6 is 11.6 Å². The molecule has 6 rings (SSSR count). The van der Waals surface area contributed by atoms with E-state index in [0.717, 1.165) is 69.1 Å². The monoisotopic (exact) mass is 548 g/mol. The van der Waals surface area contributed by atoms with Gasteiger partial charge in [-0.05, 0) is 61.6 Å². The average Bonchev–Trinajstić information content (AvgIpc) is 3.27. The summed E-state index contributed by atoms with van der Waals surface area (Å²) in [6.07, 6.45) is 5.50. The van der Waals surface area contributed by atoms with Gasteiger partial charge in [0.1, 0.15) is 17.1 Å². The summed E-state index contributed by atoms with van der Waals surface area (Å²) in [5.41, 5.74) is 2.95. The molecule has 0 spiro atoms. The Balaban J connectivity index is 1.45. The van der Waals surface area contributed by atoms with Gasteiger partial charge in [-0.25, -0.2) is 9.37 Å². The van der Waals surface area contributed by atoms with E-state index in [-0.39, 0.29) is 21.9 Å². The van der Waals surface area contributed by atoms with Gasteiger partial charge in [-0.15, -0.1) is 0 Å². The minimum atomic E-state index is -0.493. The number of nitrogens with one attached hydrogen (secondary N) is 2. The Labute approximate surface area is 233 Å². The Hall–Kier alpha value is -3.20. The highest BCUT2D eigenvalue weighted by atomic mass is 35.5. The number of aromatic nitrogens is 2. The first-order valence-electron chi connectivity index (χ1n) is 13.7. The number of halogens is 2. The number of hydrogen-bond donors (Lipinski definition) is 3. The van der Waals surface area contributed by atoms with Crippen LogP contribution in [0.4, 0.5) is 16.2 Å². The molecule has 3 aliphatic heterocycles. The number of nitrogens with zero attached hydrogens (tertiary/aromatic N) is 4. The molecule has 3 fully saturated rings. The maximum Gasteiger partial charge on any atom is 0.228 e. The fourth-order valence-electron chi connectivity index (χ4n) is 5.99. The third kappa shape index (κ3) is 5.21. The van der Waals surface area contributed by atoms with Gasteiger partial charge in [0.25, 0.3) is 0 Å². The lowest BCUT2D eigenvalue weighted by Gasteiger charge is -2.35. The van der Waals surface area contributed by atoms with Gasteiger partial charge in [0.05, 0.1) is 5.02 Å². The summed E-state index contributed by atoms with van der Waals surface area (Å²) in [5, 5.41) is 18.6. The van der Waals surface area contributed by atoms with E-state index >= 15 is 4.39 Å². The number of anilines is 2. The van der Waals surface area contributed by atoms with Crippen molar-refractivity contribution >= 4 is 45.9 Å². The molecule has 2 bridgehead atoms. The van der Waals surface area contributed by atoms with Gasteiger partial charge >= 0.3 is 0 Å². The highest BCUT2D eigenvalue weighted by Crippen LogP contribution is 2.38. The molecule has 3 aliphatic rings. The van der Waals surface area contributed by atoms with E-state index in [9.17, 15) is 5.11 Å². The highest BCUT2D eigenvalue weighted by molar-refractivity contribution is 6.33. The van der Waals surface area contributed by atoms with E-state index in [4.69, 9.17) is 21.6 Å². The summed E-state index contributed by atoms with van der Waals surface area (Å²) in [7, 11) is 0. The van der Waals surface area contributed by atoms with Crippen molar-refractivity contribution in [1.82, 2.24) is 20.6 Å². The van der Waals surface area contributed by atoms with E-state index in [1.165, 1.54) is 0 Å². The van der Waals surface area contributed by atoms with E-state index in [0.29, 0.717) is 29.0 Å². The van der Waals surface area contributed by atoms with Gasteiger partial charge in [0.15, 0.2) is 5.82 Å². The first kappa shape index (κ1) is 26.0. The molecular formula is C30H34ClFN6O. The predicted molar refractivity (Wildman–Crippen MR) is 157 cm³/mol. The van der Waals surface area contributed by atoms with Crippen molar-refractivity contribution in [2.24, 2.45) is 0 Å². The zero-order chi connectivity index (χ0) is 27.1. The number of piperazine rings is 2. The lowest BCUT2D eigenvalue weighted by molar-refractivity contribution is 0.438. The molecule has 3 aromatic rings. The Morgan fingerprint density at radius 1 is 1.10 bits per heavy atom. The van der Waals surface area contributed by atoms with Gasteiger partial charge in [-0.3, -0.25) is 0 Å². The molecule has 2 atom stereocenters. The van der Waals surface area contributed by atoms with E-state index in [2.05, 4.69) is 20.4 Å². The van der Waals surface area contributed by atoms with Crippen LogP contribution in [0.1, 0.15) is 36.5 Å². The molecule has 1 aromatic heterocycles. The lowest BCUT2D eigenvalue weighted by Crippen LogP contribution is -2.51. The molecular weight excluding hydrogens is 515 g/mol. The van der Waals surface area contributed by atoms with Crippen LogP contribution in [-0.2, 0) is 0 Å². The molecule has 0 saturated carbocycles. The molecule has 7 nitrogen and oxygen atoms in total. The largest absolute Gasteiger partial charge is 0.508 e. The Morgan fingerprint density at radius 2 is 1.82 bits per heavy atom. The Bertz CT molecular complexity index is 1460. The van der Waals surface area contributed by atoms with Crippen molar-refractivity contribution in [3.63, 3.8) is 0 Å². The molecule has 204 valence electrons. The van der Waals surface area contributed by atoms with Crippen LogP contribution in [0.15, 0.2) is 42.2 Å². The quantitative estimate of drug-likeness (QED) is 0.303. The number of fused-ring (bicyclic) bond motifs is 3. The standard InChI is InChI=1S/C30H34ClFN6O/c1-18-5-3-4-6-20(18)14-23(39)13-19(2)26-25(31)15-24-28(27(26)32)35-30(37-11-9-33-10-12-37)36-29(24)38-16-21-7-8-22(17-38)34-21/h3-6,13-15,21-22,33-34,39H,7-12,16-17H2,1-2H3/b19-13+,23-14+. The molecule has 2 aromatic carbocycles. The van der Waals surface area contributed by atoms with Crippen LogP contribution in [0.2, 0.25) is 5.02 Å². The number of rotatable bonds is 5. The summed E-state index contributed by atoms with van der Waals surface area (Å²) in [5.74, 6) is 0.816. The normalized spacial score (nSPS) is 22.2. The van der Waals surface area contributed by atoms with Gasteiger partial charge in [-0.1, -0.05) is 35.9 Å². The van der Waals surface area contributed by atoms with Crippen LogP contribution in [0.25, 0.3) is 22.6 Å². The number of aryl methyl sites for hydroxylation is 1. The molecule has 0 amide bonds. The zero-order valence-corrected chi connectivity index (χ0v) is 23.1. The van der Waals surface area contributed by atoms with Gasteiger partial charge in [0.2, 0.25) is 5.95 Å². The molecule has 3 saturated heterocycles. The van der Waals surface area contributed by atoms with Crippen molar-refractivity contribution in [3.05, 3.63) is 69.7 Å². The minimum Gasteiger partial charge on any atom is -0.508 e. The number of aliphatic hydroxyl groups excluding tert-OH is 1. The van der Waals surface area contributed by atoms with Crippen LogP contribution in [-0.4, -0.2) is 66.4 Å². The molecule has 0 aliphatic carbocycles. The Morgan fingerprint density at radius 3 is 2.54 bits per heavy atom. The SMILES string of the molecule is C/C(=C\C(O)=C/c1ccccc1C)c1c(Cl)cc2c(N3CC4CCC(C3)N4)nc(N3CCNCC3)nc2c1F. The van der Waals surface area contributed by atoms with Crippen molar-refractivity contribution in [2.45, 2.75) is 38.8 Å². The second-order valence-electron chi connectivity index (χ2n) is 10.8. The van der Waals surface area contributed by atoms with Crippen LogP contribution < -0.4 is 20.4 Å². The minimum absolute atomic E-state index is 0.0264. The smallest absolute Gasteiger partial charge is 0.228 e. The highest BCUT2D eigenvalue weighted by Gasteiger charge is 2.34. The van der Waals surface area contributed by atoms with E-state index in [1.807, 2.05) is 31.2 Å². The number of hydrogen-bond acceptors (Lipinski definition) is 7. The Kier molecular flexibility index (Phi) is 7.18. The third-order valence-electron chi connectivity index (χ3n) is 8.02. The number of aliphatic hydroxyl groups is 1. The van der Waals surface area contributed by atoms with Crippen LogP contribution in [0.3, 0.4) is 0 Å². The summed E-state index contributed by atoms with van der Waals surface area (Å²) in [6.45, 7) is 8.56. The van der Waals surface area contributed by atoms with Crippen molar-refractivity contribution in [2.75, 3.05) is 49.1 Å². The fourth-order valence-corrected chi connectivity index (χ4v) is 6.33. The second-order valence-corrected chi connectivity index (χ2v) is 11.2. The van der Waals surface area contributed by atoms with Gasteiger partial charge < -0.3 is 25.5 Å². The molecule has 9 heteroatoms. The van der Waals surface area contributed by atoms with Crippen LogP contribution in [0, 0.1) is 12.7 Å². The maximum absolute atomic E-state index is 16.4. The molecule has 2 unspecified atom stereocenters. The number of allylic oxidation sites excluding steroid dienone is 2. The molecule has 4 heterocycles. The first-order valence-corrected chi connectivity index (χ1v) is 14.1. The third-order valence-corrected chi connectivity index (χ3v) is 8.32. The summed E-state index contributed by atoms with van der Waals surface area (Å²) in [4.78, 5) is 14.1. The van der Waals surface area contributed by atoms with Gasteiger partial charge in [-0.2, -0.15) is 4.98 Å². The molecule has 39 heavy (non-hydrogen) atoms. The average molecular weight is 549 g/mol. The summed E-state index contributed by atoms with van der Waals surface area (Å²) >= 11 is 6.75. The topological polar surface area (TPSA) is 76.6 Å². The van der Waals surface area contributed by atoms with E-state index < -0.39 is 5.82 Å².